The van der Waals surface area contributed by atoms with Crippen molar-refractivity contribution in [1.29, 1.82) is 0 Å². The van der Waals surface area contributed by atoms with Crippen molar-refractivity contribution in [2.24, 2.45) is 0 Å². The predicted octanol–water partition coefficient (Wildman–Crippen LogP) is 2.63. The number of rotatable bonds is 4. The Bertz CT molecular complexity index is 303. The SMILES string of the molecule is C=C(Cl)COc1ccc(C=O)cc1. The zero-order chi connectivity index (χ0) is 9.68. The molecule has 0 aliphatic carbocycles. The molecule has 1 aromatic rings. The van der Waals surface area contributed by atoms with Gasteiger partial charge in [-0.25, -0.2) is 0 Å². The summed E-state index contributed by atoms with van der Waals surface area (Å²) in [5.41, 5.74) is 0.622. The van der Waals surface area contributed by atoms with Crippen molar-refractivity contribution in [3.8, 4) is 5.75 Å². The van der Waals surface area contributed by atoms with E-state index in [1.807, 2.05) is 0 Å². The summed E-state index contributed by atoms with van der Waals surface area (Å²) in [6.45, 7) is 3.77. The van der Waals surface area contributed by atoms with Crippen molar-refractivity contribution < 1.29 is 9.53 Å². The third-order valence-electron chi connectivity index (χ3n) is 1.41. The lowest BCUT2D eigenvalue weighted by Gasteiger charge is -2.03. The first-order valence-electron chi connectivity index (χ1n) is 3.73. The predicted molar refractivity (Wildman–Crippen MR) is 52.3 cm³/mol. The molecular formula is C10H9ClO2. The van der Waals surface area contributed by atoms with Crippen LogP contribution >= 0.6 is 11.6 Å². The second-order valence-corrected chi connectivity index (χ2v) is 3.03. The maximum atomic E-state index is 10.3. The molecule has 0 amide bonds. The van der Waals surface area contributed by atoms with Gasteiger partial charge in [-0.2, -0.15) is 0 Å². The number of carbonyl (C=O) groups is 1. The van der Waals surface area contributed by atoms with Crippen LogP contribution < -0.4 is 4.74 Å². The van der Waals surface area contributed by atoms with Gasteiger partial charge in [-0.15, -0.1) is 0 Å². The number of carbonyl (C=O) groups excluding carboxylic acids is 1. The van der Waals surface area contributed by atoms with E-state index in [0.717, 1.165) is 6.29 Å². The largest absolute Gasteiger partial charge is 0.488 e. The number of aldehydes is 1. The molecule has 0 unspecified atom stereocenters. The van der Waals surface area contributed by atoms with Crippen LogP contribution in [0.5, 0.6) is 5.75 Å². The summed E-state index contributed by atoms with van der Waals surface area (Å²) in [5, 5.41) is 0.444. The van der Waals surface area contributed by atoms with Gasteiger partial charge in [0.15, 0.2) is 0 Å². The van der Waals surface area contributed by atoms with Gasteiger partial charge in [-0.1, -0.05) is 18.2 Å². The highest BCUT2D eigenvalue weighted by Crippen LogP contribution is 2.12. The highest BCUT2D eigenvalue weighted by molar-refractivity contribution is 6.29. The Kier molecular flexibility index (Phi) is 3.53. The summed E-state index contributed by atoms with van der Waals surface area (Å²) < 4.78 is 5.22. The molecule has 68 valence electrons. The van der Waals surface area contributed by atoms with E-state index in [1.54, 1.807) is 24.3 Å². The van der Waals surface area contributed by atoms with E-state index in [2.05, 4.69) is 6.58 Å². The van der Waals surface area contributed by atoms with Gasteiger partial charge in [0.05, 0.1) is 0 Å². The van der Waals surface area contributed by atoms with Gasteiger partial charge in [-0.05, 0) is 24.3 Å². The molecule has 0 heterocycles. The van der Waals surface area contributed by atoms with Crippen LogP contribution in [0.25, 0.3) is 0 Å². The van der Waals surface area contributed by atoms with Crippen LogP contribution in [-0.2, 0) is 0 Å². The quantitative estimate of drug-likeness (QED) is 0.692. The second-order valence-electron chi connectivity index (χ2n) is 2.49. The fraction of sp³-hybridized carbons (Fsp3) is 0.100. The van der Waals surface area contributed by atoms with Crippen molar-refractivity contribution in [3.05, 3.63) is 41.4 Å². The van der Waals surface area contributed by atoms with Crippen molar-refractivity contribution in [1.82, 2.24) is 0 Å². The molecule has 13 heavy (non-hydrogen) atoms. The van der Waals surface area contributed by atoms with E-state index in [0.29, 0.717) is 16.3 Å². The minimum Gasteiger partial charge on any atom is -0.488 e. The summed E-state index contributed by atoms with van der Waals surface area (Å²) in [6, 6.07) is 6.78. The average Bonchev–Trinajstić information content (AvgIpc) is 2.15. The van der Waals surface area contributed by atoms with Gasteiger partial charge >= 0.3 is 0 Å². The molecule has 0 aliphatic heterocycles. The maximum Gasteiger partial charge on any atom is 0.150 e. The highest BCUT2D eigenvalue weighted by atomic mass is 35.5. The standard InChI is InChI=1S/C10H9ClO2/c1-8(11)7-13-10-4-2-9(6-12)3-5-10/h2-6H,1,7H2. The smallest absolute Gasteiger partial charge is 0.150 e. The molecule has 1 rings (SSSR count). The van der Waals surface area contributed by atoms with Crippen LogP contribution in [0.1, 0.15) is 10.4 Å². The molecule has 0 fully saturated rings. The van der Waals surface area contributed by atoms with Gasteiger partial charge in [0, 0.05) is 10.6 Å². The zero-order valence-electron chi connectivity index (χ0n) is 7.00. The Morgan fingerprint density at radius 2 is 2.08 bits per heavy atom. The lowest BCUT2D eigenvalue weighted by Crippen LogP contribution is -1.95. The van der Waals surface area contributed by atoms with Crippen LogP contribution in [0.15, 0.2) is 35.9 Å². The first-order chi connectivity index (χ1) is 6.22. The third-order valence-corrected chi connectivity index (χ3v) is 1.52. The normalized spacial score (nSPS) is 9.31. The van der Waals surface area contributed by atoms with Gasteiger partial charge in [0.2, 0.25) is 0 Å². The van der Waals surface area contributed by atoms with Crippen LogP contribution in [0.3, 0.4) is 0 Å². The Morgan fingerprint density at radius 1 is 1.46 bits per heavy atom. The molecule has 0 saturated heterocycles. The van der Waals surface area contributed by atoms with E-state index in [4.69, 9.17) is 16.3 Å². The van der Waals surface area contributed by atoms with Crippen LogP contribution in [0.4, 0.5) is 0 Å². The molecule has 2 nitrogen and oxygen atoms in total. The molecule has 0 aromatic heterocycles. The lowest BCUT2D eigenvalue weighted by atomic mass is 10.2. The summed E-state index contributed by atoms with van der Waals surface area (Å²) in [6.07, 6.45) is 0.782. The molecule has 0 spiro atoms. The maximum absolute atomic E-state index is 10.3. The monoisotopic (exact) mass is 196 g/mol. The molecule has 0 saturated carbocycles. The topological polar surface area (TPSA) is 26.3 Å². The summed E-state index contributed by atoms with van der Waals surface area (Å²) in [5.74, 6) is 0.674. The number of hydrogen-bond donors (Lipinski definition) is 0. The van der Waals surface area contributed by atoms with Crippen LogP contribution in [0.2, 0.25) is 0 Å². The van der Waals surface area contributed by atoms with Crippen molar-refractivity contribution in [2.75, 3.05) is 6.61 Å². The van der Waals surface area contributed by atoms with Gasteiger partial charge in [-0.3, -0.25) is 4.79 Å². The minimum absolute atomic E-state index is 0.280. The fourth-order valence-electron chi connectivity index (χ4n) is 0.804. The molecule has 0 N–H and O–H groups in total. The molecule has 1 aromatic carbocycles. The number of ether oxygens (including phenoxy) is 1. The molecular weight excluding hydrogens is 188 g/mol. The van der Waals surface area contributed by atoms with E-state index >= 15 is 0 Å². The molecule has 3 heteroatoms. The highest BCUT2D eigenvalue weighted by Gasteiger charge is 1.94. The minimum atomic E-state index is 0.280. The number of benzene rings is 1. The van der Waals surface area contributed by atoms with E-state index in [-0.39, 0.29) is 6.61 Å². The molecule has 0 bridgehead atoms. The van der Waals surface area contributed by atoms with E-state index in [9.17, 15) is 4.79 Å². The summed E-state index contributed by atoms with van der Waals surface area (Å²) in [7, 11) is 0. The summed E-state index contributed by atoms with van der Waals surface area (Å²) >= 11 is 5.51. The van der Waals surface area contributed by atoms with Crippen molar-refractivity contribution >= 4 is 17.9 Å². The Balaban J connectivity index is 2.59. The first-order valence-corrected chi connectivity index (χ1v) is 4.11. The molecule has 0 aliphatic rings. The molecule has 0 atom stereocenters. The van der Waals surface area contributed by atoms with Gasteiger partial charge in [0.1, 0.15) is 18.6 Å². The fourth-order valence-corrected chi connectivity index (χ4v) is 0.859. The first kappa shape index (κ1) is 9.81. The Hall–Kier alpha value is -1.28. The number of hydrogen-bond acceptors (Lipinski definition) is 2. The zero-order valence-corrected chi connectivity index (χ0v) is 7.75. The Morgan fingerprint density at radius 3 is 2.54 bits per heavy atom. The van der Waals surface area contributed by atoms with Gasteiger partial charge in [0.25, 0.3) is 0 Å². The number of halogens is 1. The van der Waals surface area contributed by atoms with E-state index < -0.39 is 0 Å². The lowest BCUT2D eigenvalue weighted by molar-refractivity contribution is 0.112. The third kappa shape index (κ3) is 3.30. The average molecular weight is 197 g/mol. The second kappa shape index (κ2) is 4.67. The van der Waals surface area contributed by atoms with Crippen LogP contribution in [0, 0.1) is 0 Å². The van der Waals surface area contributed by atoms with Crippen LogP contribution in [-0.4, -0.2) is 12.9 Å². The van der Waals surface area contributed by atoms with Gasteiger partial charge < -0.3 is 4.74 Å². The van der Waals surface area contributed by atoms with Crippen molar-refractivity contribution in [2.45, 2.75) is 0 Å². The molecule has 0 radical (unpaired) electrons. The summed E-state index contributed by atoms with van der Waals surface area (Å²) in [4.78, 5) is 10.3. The van der Waals surface area contributed by atoms with Crippen molar-refractivity contribution in [3.63, 3.8) is 0 Å². The van der Waals surface area contributed by atoms with E-state index in [1.165, 1.54) is 0 Å². The Labute approximate surface area is 81.8 Å².